The van der Waals surface area contributed by atoms with Gasteiger partial charge in [0.1, 0.15) is 17.6 Å². The molecule has 0 bridgehead atoms. The van der Waals surface area contributed by atoms with Crippen molar-refractivity contribution in [1.82, 2.24) is 0 Å². The largest absolute Gasteiger partial charge is 0.479 e. The minimum absolute atomic E-state index is 0.00277. The number of benzene rings is 2. The lowest BCUT2D eigenvalue weighted by Crippen LogP contribution is -2.07. The first-order valence-electron chi connectivity index (χ1n) is 6.41. The lowest BCUT2D eigenvalue weighted by atomic mass is 10.1. The van der Waals surface area contributed by atoms with E-state index in [0.29, 0.717) is 10.8 Å². The fraction of sp³-hybridized carbons (Fsp3) is 0.188. The summed E-state index contributed by atoms with van der Waals surface area (Å²) < 4.78 is 18.3. The summed E-state index contributed by atoms with van der Waals surface area (Å²) in [5, 5.41) is 12.2. The van der Waals surface area contributed by atoms with Gasteiger partial charge in [-0.1, -0.05) is 23.7 Å². The maximum Gasteiger partial charge on any atom is 0.174 e. The molecule has 0 radical (unpaired) electrons. The van der Waals surface area contributed by atoms with E-state index in [9.17, 15) is 4.39 Å². The molecule has 0 fully saturated rings. The summed E-state index contributed by atoms with van der Waals surface area (Å²) in [7, 11) is 0. The molecule has 21 heavy (non-hydrogen) atoms. The number of anilines is 1. The van der Waals surface area contributed by atoms with E-state index in [1.165, 1.54) is 12.1 Å². The maximum absolute atomic E-state index is 13.1. The monoisotopic (exact) mass is 304 g/mol. The highest BCUT2D eigenvalue weighted by Crippen LogP contribution is 2.27. The summed E-state index contributed by atoms with van der Waals surface area (Å²) in [5.74, 6) is 0.252. The quantitative estimate of drug-likeness (QED) is 0.881. The van der Waals surface area contributed by atoms with Gasteiger partial charge in [0.15, 0.2) is 6.61 Å². The number of nitrogens with zero attached hydrogens (tertiary/aromatic N) is 1. The molecule has 2 rings (SSSR count). The van der Waals surface area contributed by atoms with E-state index in [4.69, 9.17) is 21.6 Å². The third-order valence-electron chi connectivity index (χ3n) is 2.95. The molecular weight excluding hydrogens is 291 g/mol. The molecular formula is C16H14ClFN2O. The summed E-state index contributed by atoms with van der Waals surface area (Å²) >= 11 is 6.05. The van der Waals surface area contributed by atoms with Gasteiger partial charge < -0.3 is 10.1 Å². The Labute approximate surface area is 127 Å². The van der Waals surface area contributed by atoms with Crippen LogP contribution in [0, 0.1) is 17.1 Å². The Morgan fingerprint density at radius 2 is 2.14 bits per heavy atom. The third-order valence-corrected chi connectivity index (χ3v) is 3.28. The lowest BCUT2D eigenvalue weighted by molar-refractivity contribution is 0.368. The van der Waals surface area contributed by atoms with Gasteiger partial charge in [-0.2, -0.15) is 5.26 Å². The molecule has 2 aromatic rings. The molecule has 1 atom stereocenters. The highest BCUT2D eigenvalue weighted by Gasteiger charge is 2.10. The molecule has 5 heteroatoms. The van der Waals surface area contributed by atoms with Crippen molar-refractivity contribution in [2.24, 2.45) is 0 Å². The predicted octanol–water partition coefficient (Wildman–Crippen LogP) is 4.55. The summed E-state index contributed by atoms with van der Waals surface area (Å²) in [6.07, 6.45) is 0. The number of ether oxygens (including phenoxy) is 1. The molecule has 0 heterocycles. The molecule has 0 aromatic heterocycles. The summed E-state index contributed by atoms with van der Waals surface area (Å²) in [5.41, 5.74) is 1.64. The summed E-state index contributed by atoms with van der Waals surface area (Å²) in [6, 6.07) is 13.4. The van der Waals surface area contributed by atoms with Gasteiger partial charge in [-0.25, -0.2) is 4.39 Å². The van der Waals surface area contributed by atoms with Crippen LogP contribution in [0.5, 0.6) is 5.75 Å². The molecule has 0 aliphatic rings. The van der Waals surface area contributed by atoms with Crippen molar-refractivity contribution < 1.29 is 9.13 Å². The minimum atomic E-state index is -0.358. The fourth-order valence-corrected chi connectivity index (χ4v) is 2.30. The molecule has 0 saturated carbocycles. The second-order valence-electron chi connectivity index (χ2n) is 4.51. The van der Waals surface area contributed by atoms with Crippen LogP contribution in [0.4, 0.5) is 10.1 Å². The van der Waals surface area contributed by atoms with Gasteiger partial charge in [0.2, 0.25) is 0 Å². The van der Waals surface area contributed by atoms with E-state index in [2.05, 4.69) is 5.32 Å². The van der Waals surface area contributed by atoms with Gasteiger partial charge >= 0.3 is 0 Å². The van der Waals surface area contributed by atoms with Gasteiger partial charge in [0, 0.05) is 22.8 Å². The second-order valence-corrected chi connectivity index (χ2v) is 4.91. The standard InChI is InChI=1S/C16H14ClFN2O/c1-11(15-6-5-12(18)9-16(15)17)20-13-3-2-4-14(10-13)21-8-7-19/h2-6,9-11,20H,8H2,1H3. The Balaban J connectivity index is 2.12. The first-order chi connectivity index (χ1) is 10.1. The lowest BCUT2D eigenvalue weighted by Gasteiger charge is -2.17. The van der Waals surface area contributed by atoms with Crippen molar-refractivity contribution in [1.29, 1.82) is 5.26 Å². The van der Waals surface area contributed by atoms with Crippen LogP contribution < -0.4 is 10.1 Å². The highest BCUT2D eigenvalue weighted by molar-refractivity contribution is 6.31. The van der Waals surface area contributed by atoms with Crippen LogP contribution in [-0.4, -0.2) is 6.61 Å². The Morgan fingerprint density at radius 3 is 2.86 bits per heavy atom. The zero-order chi connectivity index (χ0) is 15.2. The van der Waals surface area contributed by atoms with Gasteiger partial charge in [-0.15, -0.1) is 0 Å². The normalized spacial score (nSPS) is 11.5. The average Bonchev–Trinajstić information content (AvgIpc) is 2.45. The Kier molecular flexibility index (Phi) is 5.02. The molecule has 108 valence electrons. The molecule has 3 nitrogen and oxygen atoms in total. The molecule has 1 unspecified atom stereocenters. The smallest absolute Gasteiger partial charge is 0.174 e. The fourth-order valence-electron chi connectivity index (χ4n) is 1.97. The Hall–Kier alpha value is -2.25. The van der Waals surface area contributed by atoms with Crippen LogP contribution in [0.15, 0.2) is 42.5 Å². The van der Waals surface area contributed by atoms with E-state index in [1.54, 1.807) is 18.2 Å². The zero-order valence-corrected chi connectivity index (χ0v) is 12.2. The zero-order valence-electron chi connectivity index (χ0n) is 11.4. The Bertz CT molecular complexity index is 670. The number of hydrogen-bond acceptors (Lipinski definition) is 3. The van der Waals surface area contributed by atoms with Crippen LogP contribution in [0.25, 0.3) is 0 Å². The van der Waals surface area contributed by atoms with Gasteiger partial charge in [0.25, 0.3) is 0 Å². The third kappa shape index (κ3) is 4.11. The van der Waals surface area contributed by atoms with Crippen molar-refractivity contribution in [2.75, 3.05) is 11.9 Å². The number of hydrogen-bond donors (Lipinski definition) is 1. The van der Waals surface area contributed by atoms with Gasteiger partial charge in [0.05, 0.1) is 0 Å². The maximum atomic E-state index is 13.1. The highest BCUT2D eigenvalue weighted by atomic mass is 35.5. The molecule has 0 aliphatic heterocycles. The van der Waals surface area contributed by atoms with E-state index in [-0.39, 0.29) is 18.5 Å². The number of nitrogens with one attached hydrogen (secondary N) is 1. The van der Waals surface area contributed by atoms with Crippen LogP contribution >= 0.6 is 11.6 Å². The van der Waals surface area contributed by atoms with Crippen molar-refractivity contribution >= 4 is 17.3 Å². The number of rotatable bonds is 5. The number of halogens is 2. The van der Waals surface area contributed by atoms with Crippen LogP contribution in [0.3, 0.4) is 0 Å². The average molecular weight is 305 g/mol. The van der Waals surface area contributed by atoms with Crippen LogP contribution in [0.1, 0.15) is 18.5 Å². The van der Waals surface area contributed by atoms with E-state index in [1.807, 2.05) is 25.1 Å². The SMILES string of the molecule is CC(Nc1cccc(OCC#N)c1)c1ccc(F)cc1Cl. The topological polar surface area (TPSA) is 45.0 Å². The minimum Gasteiger partial charge on any atom is -0.479 e. The van der Waals surface area contributed by atoms with E-state index < -0.39 is 0 Å². The molecule has 1 N–H and O–H groups in total. The van der Waals surface area contributed by atoms with Crippen molar-refractivity contribution in [3.8, 4) is 11.8 Å². The molecule has 0 amide bonds. The second kappa shape index (κ2) is 6.96. The van der Waals surface area contributed by atoms with Crippen molar-refractivity contribution in [3.63, 3.8) is 0 Å². The van der Waals surface area contributed by atoms with Gasteiger partial charge in [-0.05, 0) is 36.8 Å². The van der Waals surface area contributed by atoms with Crippen molar-refractivity contribution in [2.45, 2.75) is 13.0 Å². The predicted molar refractivity (Wildman–Crippen MR) is 81.0 cm³/mol. The van der Waals surface area contributed by atoms with E-state index >= 15 is 0 Å². The molecule has 0 saturated heterocycles. The van der Waals surface area contributed by atoms with Crippen molar-refractivity contribution in [3.05, 3.63) is 58.9 Å². The van der Waals surface area contributed by atoms with E-state index in [0.717, 1.165) is 11.3 Å². The first-order valence-corrected chi connectivity index (χ1v) is 6.79. The van der Waals surface area contributed by atoms with Crippen LogP contribution in [-0.2, 0) is 0 Å². The van der Waals surface area contributed by atoms with Crippen LogP contribution in [0.2, 0.25) is 5.02 Å². The summed E-state index contributed by atoms with van der Waals surface area (Å²) in [4.78, 5) is 0. The molecule has 0 spiro atoms. The Morgan fingerprint density at radius 1 is 1.33 bits per heavy atom. The number of nitriles is 1. The first kappa shape index (κ1) is 15.1. The molecule has 2 aromatic carbocycles. The molecule has 0 aliphatic carbocycles. The summed E-state index contributed by atoms with van der Waals surface area (Å²) in [6.45, 7) is 1.94. The van der Waals surface area contributed by atoms with Gasteiger partial charge in [-0.3, -0.25) is 0 Å².